The van der Waals surface area contributed by atoms with Crippen molar-refractivity contribution < 1.29 is 24.0 Å². The number of thiophene rings is 1. The molecule has 2 aromatic rings. The highest BCUT2D eigenvalue weighted by Gasteiger charge is 2.20. The van der Waals surface area contributed by atoms with Gasteiger partial charge in [-0.25, -0.2) is 4.79 Å². The average molecular weight is 378 g/mol. The highest BCUT2D eigenvalue weighted by atomic mass is 32.1. The van der Waals surface area contributed by atoms with Crippen molar-refractivity contribution in [1.82, 2.24) is 4.90 Å². The molecule has 0 atom stereocenters. The van der Waals surface area contributed by atoms with Gasteiger partial charge in [-0.15, -0.1) is 11.3 Å². The van der Waals surface area contributed by atoms with Gasteiger partial charge >= 0.3 is 11.7 Å². The molecule has 8 nitrogen and oxygen atoms in total. The molecule has 0 aliphatic heterocycles. The molecule has 0 bridgehead atoms. The van der Waals surface area contributed by atoms with Crippen LogP contribution in [-0.2, 0) is 16.1 Å². The summed E-state index contributed by atoms with van der Waals surface area (Å²) in [6, 6.07) is 7.56. The van der Waals surface area contributed by atoms with Gasteiger partial charge in [0.2, 0.25) is 0 Å². The summed E-state index contributed by atoms with van der Waals surface area (Å²) in [5, 5.41) is 13.0. The van der Waals surface area contributed by atoms with Crippen LogP contribution in [0.2, 0.25) is 0 Å². The summed E-state index contributed by atoms with van der Waals surface area (Å²) in [4.78, 5) is 37.0. The summed E-state index contributed by atoms with van der Waals surface area (Å²) in [6.07, 6.45) is 0. The second-order valence-electron chi connectivity index (χ2n) is 5.28. The fourth-order valence-corrected chi connectivity index (χ4v) is 2.87. The van der Waals surface area contributed by atoms with E-state index in [-0.39, 0.29) is 29.5 Å². The minimum atomic E-state index is -0.811. The number of nitrogens with zero attached hydrogens (tertiary/aromatic N) is 2. The van der Waals surface area contributed by atoms with Gasteiger partial charge in [0.25, 0.3) is 5.91 Å². The third-order valence-electron chi connectivity index (χ3n) is 3.42. The minimum absolute atomic E-state index is 0.0196. The topological polar surface area (TPSA) is 99.0 Å². The highest BCUT2D eigenvalue weighted by molar-refractivity contribution is 7.09. The van der Waals surface area contributed by atoms with Gasteiger partial charge in [-0.2, -0.15) is 0 Å². The summed E-state index contributed by atoms with van der Waals surface area (Å²) in [5.74, 6) is -1.11. The second-order valence-corrected chi connectivity index (χ2v) is 6.31. The Labute approximate surface area is 154 Å². The Morgan fingerprint density at radius 1 is 1.31 bits per heavy atom. The van der Waals surface area contributed by atoms with Crippen LogP contribution in [0.25, 0.3) is 0 Å². The standard InChI is InChI=1S/C17H18N2O6S/c1-3-24-15-7-6-12(9-14(15)19(22)23)17(21)25-11-16(20)18(2)10-13-5-4-8-26-13/h4-9H,3,10-11H2,1-2H3. The van der Waals surface area contributed by atoms with Gasteiger partial charge in [0.05, 0.1) is 23.6 Å². The van der Waals surface area contributed by atoms with Gasteiger partial charge in [-0.3, -0.25) is 14.9 Å². The van der Waals surface area contributed by atoms with E-state index in [1.54, 1.807) is 14.0 Å². The fourth-order valence-electron chi connectivity index (χ4n) is 2.11. The SMILES string of the molecule is CCOc1ccc(C(=O)OCC(=O)N(C)Cc2cccs2)cc1[N+](=O)[O-]. The molecule has 0 saturated heterocycles. The number of nitro groups is 1. The lowest BCUT2D eigenvalue weighted by molar-refractivity contribution is -0.385. The number of carbonyl (C=O) groups excluding carboxylic acids is 2. The number of amides is 1. The van der Waals surface area contributed by atoms with Crippen LogP contribution < -0.4 is 4.74 Å². The quantitative estimate of drug-likeness (QED) is 0.398. The Morgan fingerprint density at radius 2 is 2.08 bits per heavy atom. The predicted octanol–water partition coefficient (Wildman–Crippen LogP) is 2.87. The molecule has 0 unspecified atom stereocenters. The first-order valence-electron chi connectivity index (χ1n) is 7.77. The molecule has 0 fully saturated rings. The van der Waals surface area contributed by atoms with Crippen molar-refractivity contribution in [1.29, 1.82) is 0 Å². The molecule has 0 radical (unpaired) electrons. The molecule has 0 N–H and O–H groups in total. The van der Waals surface area contributed by atoms with Gasteiger partial charge in [0.15, 0.2) is 12.4 Å². The van der Waals surface area contributed by atoms with Crippen molar-refractivity contribution in [2.45, 2.75) is 13.5 Å². The van der Waals surface area contributed by atoms with E-state index >= 15 is 0 Å². The van der Waals surface area contributed by atoms with Crippen LogP contribution in [0.4, 0.5) is 5.69 Å². The summed E-state index contributed by atoms with van der Waals surface area (Å²) in [7, 11) is 1.61. The fraction of sp³-hybridized carbons (Fsp3) is 0.294. The first kappa shape index (κ1) is 19.4. The monoisotopic (exact) mass is 378 g/mol. The van der Waals surface area contributed by atoms with E-state index < -0.39 is 17.5 Å². The number of esters is 1. The molecule has 0 aliphatic carbocycles. The molecule has 0 spiro atoms. The molecule has 0 aliphatic rings. The van der Waals surface area contributed by atoms with E-state index in [9.17, 15) is 19.7 Å². The van der Waals surface area contributed by atoms with Crippen LogP contribution in [0, 0.1) is 10.1 Å². The van der Waals surface area contributed by atoms with Gasteiger partial charge in [0.1, 0.15) is 0 Å². The largest absolute Gasteiger partial charge is 0.487 e. The number of carbonyl (C=O) groups is 2. The molecule has 9 heteroatoms. The maximum atomic E-state index is 12.1. The molecule has 1 aromatic carbocycles. The van der Waals surface area contributed by atoms with Crippen LogP contribution in [0.1, 0.15) is 22.2 Å². The van der Waals surface area contributed by atoms with Crippen LogP contribution in [0.3, 0.4) is 0 Å². The zero-order valence-electron chi connectivity index (χ0n) is 14.3. The second kappa shape index (κ2) is 8.95. The molecule has 0 saturated carbocycles. The average Bonchev–Trinajstić information content (AvgIpc) is 3.12. The summed E-state index contributed by atoms with van der Waals surface area (Å²) in [5.41, 5.74) is -0.351. The Bertz CT molecular complexity index is 791. The molecule has 2 rings (SSSR count). The van der Waals surface area contributed by atoms with Gasteiger partial charge in [-0.1, -0.05) is 6.07 Å². The van der Waals surface area contributed by atoms with Crippen LogP contribution in [0.5, 0.6) is 5.75 Å². The lowest BCUT2D eigenvalue weighted by Gasteiger charge is -2.16. The number of rotatable bonds is 8. The first-order valence-corrected chi connectivity index (χ1v) is 8.65. The van der Waals surface area contributed by atoms with E-state index in [2.05, 4.69) is 0 Å². The van der Waals surface area contributed by atoms with Crippen LogP contribution in [0.15, 0.2) is 35.7 Å². The van der Waals surface area contributed by atoms with Crippen LogP contribution in [-0.4, -0.2) is 42.0 Å². The lowest BCUT2D eigenvalue weighted by Crippen LogP contribution is -2.30. The maximum absolute atomic E-state index is 12.1. The Kier molecular flexibility index (Phi) is 6.67. The molecule has 1 aromatic heterocycles. The third-order valence-corrected chi connectivity index (χ3v) is 4.28. The van der Waals surface area contributed by atoms with Crippen molar-refractivity contribution in [3.05, 3.63) is 56.3 Å². The normalized spacial score (nSPS) is 10.2. The number of hydrogen-bond acceptors (Lipinski definition) is 7. The first-order chi connectivity index (χ1) is 12.4. The number of likely N-dealkylation sites (N-methyl/N-ethyl adjacent to an activating group) is 1. The van der Waals surface area contributed by atoms with Crippen molar-refractivity contribution >= 4 is 28.9 Å². The van der Waals surface area contributed by atoms with E-state index in [0.29, 0.717) is 6.54 Å². The van der Waals surface area contributed by atoms with Gasteiger partial charge in [-0.05, 0) is 30.5 Å². The summed E-state index contributed by atoms with van der Waals surface area (Å²) in [6.45, 7) is 1.93. The van der Waals surface area contributed by atoms with Crippen molar-refractivity contribution in [2.24, 2.45) is 0 Å². The molecular formula is C17H18N2O6S. The zero-order chi connectivity index (χ0) is 19.1. The molecule has 1 amide bonds. The Hall–Kier alpha value is -2.94. The lowest BCUT2D eigenvalue weighted by atomic mass is 10.2. The molecule has 26 heavy (non-hydrogen) atoms. The number of benzene rings is 1. The van der Waals surface area contributed by atoms with Crippen molar-refractivity contribution in [3.63, 3.8) is 0 Å². The van der Waals surface area contributed by atoms with E-state index in [4.69, 9.17) is 9.47 Å². The van der Waals surface area contributed by atoms with Crippen LogP contribution >= 0.6 is 11.3 Å². The van der Waals surface area contributed by atoms with E-state index in [0.717, 1.165) is 10.9 Å². The molecular weight excluding hydrogens is 360 g/mol. The summed E-state index contributed by atoms with van der Waals surface area (Å²) >= 11 is 1.52. The Balaban J connectivity index is 1.97. The van der Waals surface area contributed by atoms with Crippen molar-refractivity contribution in [3.8, 4) is 5.75 Å². The van der Waals surface area contributed by atoms with Gasteiger partial charge < -0.3 is 14.4 Å². The highest BCUT2D eigenvalue weighted by Crippen LogP contribution is 2.28. The van der Waals surface area contributed by atoms with E-state index in [1.807, 2.05) is 17.5 Å². The predicted molar refractivity (Wildman–Crippen MR) is 95.3 cm³/mol. The minimum Gasteiger partial charge on any atom is -0.487 e. The number of nitro benzene ring substituents is 1. The van der Waals surface area contributed by atoms with E-state index in [1.165, 1.54) is 28.4 Å². The molecule has 138 valence electrons. The number of hydrogen-bond donors (Lipinski definition) is 0. The third kappa shape index (κ3) is 5.03. The smallest absolute Gasteiger partial charge is 0.338 e. The summed E-state index contributed by atoms with van der Waals surface area (Å²) < 4.78 is 10.1. The van der Waals surface area contributed by atoms with Crippen molar-refractivity contribution in [2.75, 3.05) is 20.3 Å². The van der Waals surface area contributed by atoms with Gasteiger partial charge in [0, 0.05) is 18.0 Å². The Morgan fingerprint density at radius 3 is 2.69 bits per heavy atom. The number of ether oxygens (including phenoxy) is 2. The molecule has 1 heterocycles. The maximum Gasteiger partial charge on any atom is 0.338 e. The zero-order valence-corrected chi connectivity index (χ0v) is 15.2.